The summed E-state index contributed by atoms with van der Waals surface area (Å²) in [5.74, 6) is -0.494. The highest BCUT2D eigenvalue weighted by atomic mass is 35.5. The van der Waals surface area contributed by atoms with Gasteiger partial charge in [0.15, 0.2) is 6.04 Å². The first-order chi connectivity index (χ1) is 9.38. The van der Waals surface area contributed by atoms with E-state index >= 15 is 0 Å². The molecule has 6 heteroatoms. The number of amides is 1. The van der Waals surface area contributed by atoms with Gasteiger partial charge in [-0.05, 0) is 38.8 Å². The molecule has 1 aromatic rings. The van der Waals surface area contributed by atoms with Gasteiger partial charge in [-0.25, -0.2) is 4.39 Å². The van der Waals surface area contributed by atoms with E-state index in [0.29, 0.717) is 16.6 Å². The van der Waals surface area contributed by atoms with E-state index in [9.17, 15) is 9.18 Å². The molecular formula is C14H18Cl2FN2O+. The quantitative estimate of drug-likeness (QED) is 0.804. The van der Waals surface area contributed by atoms with Crippen molar-refractivity contribution in [3.05, 3.63) is 33.6 Å². The van der Waals surface area contributed by atoms with Crippen molar-refractivity contribution < 1.29 is 14.5 Å². The predicted octanol–water partition coefficient (Wildman–Crippen LogP) is 2.42. The van der Waals surface area contributed by atoms with Gasteiger partial charge in [0, 0.05) is 11.6 Å². The van der Waals surface area contributed by atoms with Gasteiger partial charge in [0.25, 0.3) is 5.91 Å². The molecule has 0 bridgehead atoms. The minimum atomic E-state index is -0.499. The molecule has 2 rings (SSSR count). The highest BCUT2D eigenvalue weighted by Crippen LogP contribution is 2.27. The summed E-state index contributed by atoms with van der Waals surface area (Å²) in [6.45, 7) is 3.71. The fraction of sp³-hybridized carbons (Fsp3) is 0.500. The number of carbonyl (C=O) groups excluding carboxylic acids is 1. The van der Waals surface area contributed by atoms with Gasteiger partial charge in [-0.2, -0.15) is 0 Å². The predicted molar refractivity (Wildman–Crippen MR) is 77.4 cm³/mol. The van der Waals surface area contributed by atoms with Gasteiger partial charge in [-0.3, -0.25) is 4.79 Å². The molecule has 0 radical (unpaired) electrons. The Morgan fingerprint density at radius 2 is 2.00 bits per heavy atom. The molecule has 1 aliphatic carbocycles. The lowest BCUT2D eigenvalue weighted by Crippen LogP contribution is -2.92. The summed E-state index contributed by atoms with van der Waals surface area (Å²) in [7, 11) is 0. The Kier molecular flexibility index (Phi) is 4.89. The lowest BCUT2D eigenvalue weighted by molar-refractivity contribution is -0.710. The molecule has 3 N–H and O–H groups in total. The number of hydrogen-bond donors (Lipinski definition) is 2. The van der Waals surface area contributed by atoms with Crippen molar-refractivity contribution in [1.29, 1.82) is 0 Å². The number of hydrogen-bond acceptors (Lipinski definition) is 1. The van der Waals surface area contributed by atoms with Crippen LogP contribution < -0.4 is 10.6 Å². The number of nitrogens with one attached hydrogen (secondary N) is 1. The van der Waals surface area contributed by atoms with Crippen molar-refractivity contribution in [3.8, 4) is 0 Å². The van der Waals surface area contributed by atoms with Gasteiger partial charge in [0.2, 0.25) is 0 Å². The van der Waals surface area contributed by atoms with Crippen LogP contribution >= 0.6 is 23.2 Å². The molecule has 0 aromatic heterocycles. The average molecular weight is 320 g/mol. The molecule has 20 heavy (non-hydrogen) atoms. The Balaban J connectivity index is 2.01. The van der Waals surface area contributed by atoms with Gasteiger partial charge >= 0.3 is 0 Å². The molecule has 1 aliphatic rings. The monoisotopic (exact) mass is 319 g/mol. The topological polar surface area (TPSA) is 45.7 Å². The lowest BCUT2D eigenvalue weighted by atomic mass is 10.1. The Bertz CT molecular complexity index is 520. The van der Waals surface area contributed by atoms with Crippen LogP contribution in [0.3, 0.4) is 0 Å². The maximum atomic E-state index is 13.5. The molecule has 0 aliphatic heterocycles. The zero-order chi connectivity index (χ0) is 14.9. The fourth-order valence-corrected chi connectivity index (χ4v) is 2.63. The van der Waals surface area contributed by atoms with Crippen molar-refractivity contribution in [2.24, 2.45) is 0 Å². The Hall–Kier alpha value is -0.840. The minimum Gasteiger partial charge on any atom is -0.348 e. The van der Waals surface area contributed by atoms with Crippen LogP contribution in [0.1, 0.15) is 38.3 Å². The lowest BCUT2D eigenvalue weighted by Gasteiger charge is -2.18. The Morgan fingerprint density at radius 1 is 1.35 bits per heavy atom. The van der Waals surface area contributed by atoms with Crippen molar-refractivity contribution >= 4 is 29.1 Å². The maximum Gasteiger partial charge on any atom is 0.278 e. The Morgan fingerprint density at radius 3 is 2.60 bits per heavy atom. The van der Waals surface area contributed by atoms with Gasteiger partial charge in [-0.15, -0.1) is 0 Å². The van der Waals surface area contributed by atoms with Crippen molar-refractivity contribution in [3.63, 3.8) is 0 Å². The first-order valence-electron chi connectivity index (χ1n) is 6.68. The summed E-state index contributed by atoms with van der Waals surface area (Å²) in [6.07, 6.45) is 2.12. The first kappa shape index (κ1) is 15.5. The van der Waals surface area contributed by atoms with Crippen LogP contribution in [0.5, 0.6) is 0 Å². The summed E-state index contributed by atoms with van der Waals surface area (Å²) in [5.41, 5.74) is 0.639. The molecule has 110 valence electrons. The molecule has 1 amide bonds. The van der Waals surface area contributed by atoms with Crippen LogP contribution in [0.25, 0.3) is 0 Å². The van der Waals surface area contributed by atoms with Crippen molar-refractivity contribution in [2.45, 2.75) is 44.8 Å². The number of halogens is 3. The smallest absolute Gasteiger partial charge is 0.278 e. The molecule has 0 saturated heterocycles. The van der Waals surface area contributed by atoms with E-state index in [1.807, 2.05) is 19.2 Å². The third-order valence-electron chi connectivity index (χ3n) is 3.44. The van der Waals surface area contributed by atoms with E-state index < -0.39 is 5.82 Å². The van der Waals surface area contributed by atoms with E-state index in [-0.39, 0.29) is 23.0 Å². The summed E-state index contributed by atoms with van der Waals surface area (Å²) < 4.78 is 13.5. The number of rotatable bonds is 5. The Labute approximate surface area is 127 Å². The number of carbonyl (C=O) groups is 1. The zero-order valence-electron chi connectivity index (χ0n) is 11.4. The molecule has 0 unspecified atom stereocenters. The molecule has 0 heterocycles. The normalized spacial score (nSPS) is 17.6. The largest absolute Gasteiger partial charge is 0.348 e. The van der Waals surface area contributed by atoms with Crippen LogP contribution in [0.15, 0.2) is 12.1 Å². The van der Waals surface area contributed by atoms with Crippen LogP contribution in [-0.2, 0) is 4.79 Å². The second kappa shape index (κ2) is 6.29. The standard InChI is InChI=1S/C14H17Cl2FN2O/c1-7(10-5-13(17)12(16)6-11(10)15)18-8(2)14(20)19-9-3-4-9/h5-9,18H,3-4H2,1-2H3,(H,19,20)/p+1/t7-,8+/m0/s1. The third-order valence-corrected chi connectivity index (χ3v) is 4.06. The molecule has 3 nitrogen and oxygen atoms in total. The average Bonchev–Trinajstić information content (AvgIpc) is 3.17. The van der Waals surface area contributed by atoms with Gasteiger partial charge in [-0.1, -0.05) is 23.2 Å². The van der Waals surface area contributed by atoms with Crippen molar-refractivity contribution in [2.75, 3.05) is 0 Å². The molecular weight excluding hydrogens is 302 g/mol. The van der Waals surface area contributed by atoms with Crippen LogP contribution in [0.2, 0.25) is 10.0 Å². The molecule has 0 spiro atoms. The van der Waals surface area contributed by atoms with E-state index in [2.05, 4.69) is 5.32 Å². The number of nitrogens with two attached hydrogens (primary N) is 1. The highest BCUT2D eigenvalue weighted by molar-refractivity contribution is 6.35. The number of benzene rings is 1. The molecule has 2 atom stereocenters. The summed E-state index contributed by atoms with van der Waals surface area (Å²) in [4.78, 5) is 11.9. The van der Waals surface area contributed by atoms with E-state index in [1.165, 1.54) is 12.1 Å². The van der Waals surface area contributed by atoms with Crippen LogP contribution in [0, 0.1) is 5.82 Å². The van der Waals surface area contributed by atoms with E-state index in [1.54, 1.807) is 0 Å². The van der Waals surface area contributed by atoms with Gasteiger partial charge in [0.05, 0.1) is 10.0 Å². The van der Waals surface area contributed by atoms with Gasteiger partial charge < -0.3 is 10.6 Å². The summed E-state index contributed by atoms with van der Waals surface area (Å²) >= 11 is 11.8. The van der Waals surface area contributed by atoms with Crippen LogP contribution in [0.4, 0.5) is 4.39 Å². The zero-order valence-corrected chi connectivity index (χ0v) is 12.9. The maximum absolute atomic E-state index is 13.5. The minimum absolute atomic E-state index is 0.00454. The first-order valence-corrected chi connectivity index (χ1v) is 7.44. The fourth-order valence-electron chi connectivity index (χ4n) is 2.07. The third kappa shape index (κ3) is 3.84. The van der Waals surface area contributed by atoms with Crippen molar-refractivity contribution in [1.82, 2.24) is 5.32 Å². The van der Waals surface area contributed by atoms with E-state index in [0.717, 1.165) is 12.8 Å². The van der Waals surface area contributed by atoms with E-state index in [4.69, 9.17) is 23.2 Å². The summed E-state index contributed by atoms with van der Waals surface area (Å²) in [6, 6.07) is 2.68. The molecule has 1 aromatic carbocycles. The molecule has 1 fully saturated rings. The SMILES string of the molecule is C[C@H]([NH2+][C@H](C)C(=O)NC1CC1)c1cc(F)c(Cl)cc1Cl. The molecule has 1 saturated carbocycles. The highest BCUT2D eigenvalue weighted by Gasteiger charge is 2.28. The van der Waals surface area contributed by atoms with Crippen LogP contribution in [-0.4, -0.2) is 18.0 Å². The second-order valence-electron chi connectivity index (χ2n) is 5.34. The summed E-state index contributed by atoms with van der Waals surface area (Å²) in [5, 5.41) is 5.23. The second-order valence-corrected chi connectivity index (χ2v) is 6.15. The van der Waals surface area contributed by atoms with Gasteiger partial charge in [0.1, 0.15) is 11.9 Å². The number of quaternary nitrogens is 1.